The minimum absolute atomic E-state index is 0.0886. The topological polar surface area (TPSA) is 76.2 Å². The van der Waals surface area contributed by atoms with E-state index in [1.165, 1.54) is 12.3 Å². The predicted molar refractivity (Wildman–Crippen MR) is 53.6 cm³/mol. The van der Waals surface area contributed by atoms with Gasteiger partial charge in [0.15, 0.2) is 0 Å². The van der Waals surface area contributed by atoms with Gasteiger partial charge in [0.05, 0.1) is 15.7 Å². The number of aromatic nitrogens is 1. The average molecular weight is 235 g/mol. The molecule has 0 fully saturated rings. The fourth-order valence-corrected chi connectivity index (χ4v) is 1.35. The molecule has 0 bridgehead atoms. The van der Waals surface area contributed by atoms with Crippen molar-refractivity contribution in [1.82, 2.24) is 4.98 Å². The number of nitrogens with two attached hydrogens (primary N) is 1. The van der Waals surface area contributed by atoms with E-state index in [9.17, 15) is 4.79 Å². The van der Waals surface area contributed by atoms with E-state index >= 15 is 0 Å². The van der Waals surface area contributed by atoms with E-state index in [1.54, 1.807) is 0 Å². The largest absolute Gasteiger partial charge is 0.480 e. The maximum Gasteiger partial charge on any atom is 0.320 e. The SMILES string of the molecule is N[C@H](Cc1ncc(Cl)cc1Cl)C(=O)O. The standard InChI is InChI=1S/C8H8Cl2N2O2/c9-4-1-5(10)7(12-3-4)2-6(11)8(13)14/h1,3,6H,2,11H2,(H,13,14)/t6-/m1/s1. The van der Waals surface area contributed by atoms with Crippen LogP contribution in [0.5, 0.6) is 0 Å². The van der Waals surface area contributed by atoms with Crippen LogP contribution in [-0.2, 0) is 11.2 Å². The van der Waals surface area contributed by atoms with Gasteiger partial charge in [0.1, 0.15) is 6.04 Å². The molecule has 6 heteroatoms. The lowest BCUT2D eigenvalue weighted by Gasteiger charge is -2.06. The molecular weight excluding hydrogens is 227 g/mol. The van der Waals surface area contributed by atoms with Crippen LogP contribution < -0.4 is 5.73 Å². The Hall–Kier alpha value is -0.840. The molecule has 1 aromatic rings. The molecule has 1 heterocycles. The Balaban J connectivity index is 2.82. The first kappa shape index (κ1) is 11.2. The van der Waals surface area contributed by atoms with Crippen molar-refractivity contribution in [2.45, 2.75) is 12.5 Å². The molecule has 0 saturated carbocycles. The average Bonchev–Trinajstić information content (AvgIpc) is 2.09. The van der Waals surface area contributed by atoms with Crippen molar-refractivity contribution < 1.29 is 9.90 Å². The molecule has 0 saturated heterocycles. The van der Waals surface area contributed by atoms with Crippen molar-refractivity contribution in [1.29, 1.82) is 0 Å². The first-order chi connectivity index (χ1) is 6.50. The summed E-state index contributed by atoms with van der Waals surface area (Å²) in [6.07, 6.45) is 1.49. The van der Waals surface area contributed by atoms with E-state index in [2.05, 4.69) is 4.98 Å². The molecule has 3 N–H and O–H groups in total. The van der Waals surface area contributed by atoms with Crippen LogP contribution in [0.15, 0.2) is 12.3 Å². The molecule has 1 aromatic heterocycles. The van der Waals surface area contributed by atoms with Crippen LogP contribution in [-0.4, -0.2) is 22.1 Å². The normalized spacial score (nSPS) is 12.5. The van der Waals surface area contributed by atoms with Crippen molar-refractivity contribution in [2.24, 2.45) is 5.73 Å². The van der Waals surface area contributed by atoms with Crippen molar-refractivity contribution in [3.63, 3.8) is 0 Å². The number of nitrogens with zero attached hydrogens (tertiary/aromatic N) is 1. The number of aliphatic carboxylic acids is 1. The minimum Gasteiger partial charge on any atom is -0.480 e. The molecule has 0 aromatic carbocycles. The van der Waals surface area contributed by atoms with E-state index < -0.39 is 12.0 Å². The highest BCUT2D eigenvalue weighted by Gasteiger charge is 2.15. The van der Waals surface area contributed by atoms with E-state index in [-0.39, 0.29) is 6.42 Å². The van der Waals surface area contributed by atoms with Crippen LogP contribution in [0.25, 0.3) is 0 Å². The van der Waals surface area contributed by atoms with Gasteiger partial charge in [-0.2, -0.15) is 0 Å². The number of rotatable bonds is 3. The summed E-state index contributed by atoms with van der Waals surface area (Å²) in [6, 6.07) is 0.501. The van der Waals surface area contributed by atoms with E-state index in [0.29, 0.717) is 15.7 Å². The zero-order chi connectivity index (χ0) is 10.7. The van der Waals surface area contributed by atoms with Gasteiger partial charge < -0.3 is 10.8 Å². The van der Waals surface area contributed by atoms with Crippen LogP contribution in [0.1, 0.15) is 5.69 Å². The molecule has 0 aliphatic heterocycles. The third kappa shape index (κ3) is 2.83. The zero-order valence-corrected chi connectivity index (χ0v) is 8.59. The van der Waals surface area contributed by atoms with Crippen molar-refractivity contribution >= 4 is 29.2 Å². The number of carbonyl (C=O) groups is 1. The van der Waals surface area contributed by atoms with Crippen molar-refractivity contribution in [3.05, 3.63) is 28.0 Å². The summed E-state index contributed by atoms with van der Waals surface area (Å²) in [5, 5.41) is 9.30. The first-order valence-corrected chi connectivity index (χ1v) is 4.54. The lowest BCUT2D eigenvalue weighted by molar-refractivity contribution is -0.138. The van der Waals surface area contributed by atoms with Gasteiger partial charge in [-0.1, -0.05) is 23.2 Å². The fourth-order valence-electron chi connectivity index (χ4n) is 0.889. The van der Waals surface area contributed by atoms with E-state index in [0.717, 1.165) is 0 Å². The third-order valence-electron chi connectivity index (χ3n) is 1.61. The Morgan fingerprint density at radius 3 is 2.79 bits per heavy atom. The molecule has 0 unspecified atom stereocenters. The van der Waals surface area contributed by atoms with Crippen LogP contribution in [0.3, 0.4) is 0 Å². The highest BCUT2D eigenvalue weighted by molar-refractivity contribution is 6.34. The number of halogens is 2. The summed E-state index contributed by atoms with van der Waals surface area (Å²) in [7, 11) is 0. The summed E-state index contributed by atoms with van der Waals surface area (Å²) < 4.78 is 0. The van der Waals surface area contributed by atoms with Gasteiger partial charge >= 0.3 is 5.97 Å². The van der Waals surface area contributed by atoms with Crippen LogP contribution in [0.2, 0.25) is 10.0 Å². The highest BCUT2D eigenvalue weighted by Crippen LogP contribution is 2.19. The fraction of sp³-hybridized carbons (Fsp3) is 0.250. The van der Waals surface area contributed by atoms with Gasteiger partial charge in [0, 0.05) is 12.6 Å². The quantitative estimate of drug-likeness (QED) is 0.828. The number of pyridine rings is 1. The van der Waals surface area contributed by atoms with Gasteiger partial charge in [0.25, 0.3) is 0 Å². The summed E-state index contributed by atoms with van der Waals surface area (Å²) in [5.41, 5.74) is 5.76. The number of carboxylic acid groups (broad SMARTS) is 1. The Kier molecular flexibility index (Phi) is 3.69. The Labute approximate surface area is 90.6 Å². The molecule has 1 rings (SSSR count). The number of hydrogen-bond acceptors (Lipinski definition) is 3. The molecule has 0 radical (unpaired) electrons. The molecule has 1 atom stereocenters. The van der Waals surface area contributed by atoms with Gasteiger partial charge in [-0.15, -0.1) is 0 Å². The third-order valence-corrected chi connectivity index (χ3v) is 2.15. The molecule has 0 aliphatic rings. The van der Waals surface area contributed by atoms with Crippen LogP contribution >= 0.6 is 23.2 Å². The summed E-state index contributed by atoms with van der Waals surface area (Å²) >= 11 is 11.4. The zero-order valence-electron chi connectivity index (χ0n) is 7.08. The van der Waals surface area contributed by atoms with E-state index in [4.69, 9.17) is 34.0 Å². The molecule has 0 aliphatic carbocycles. The first-order valence-electron chi connectivity index (χ1n) is 3.79. The molecule has 0 spiro atoms. The Morgan fingerprint density at radius 2 is 2.29 bits per heavy atom. The lowest BCUT2D eigenvalue weighted by atomic mass is 10.1. The molecule has 76 valence electrons. The second-order valence-electron chi connectivity index (χ2n) is 2.73. The second kappa shape index (κ2) is 4.59. The van der Waals surface area contributed by atoms with Gasteiger partial charge in [-0.05, 0) is 6.07 Å². The van der Waals surface area contributed by atoms with E-state index in [1.807, 2.05) is 0 Å². The highest BCUT2D eigenvalue weighted by atomic mass is 35.5. The monoisotopic (exact) mass is 234 g/mol. The number of hydrogen-bond donors (Lipinski definition) is 2. The maximum absolute atomic E-state index is 10.5. The lowest BCUT2D eigenvalue weighted by Crippen LogP contribution is -2.32. The maximum atomic E-state index is 10.5. The molecule has 0 amide bonds. The van der Waals surface area contributed by atoms with Crippen molar-refractivity contribution in [3.8, 4) is 0 Å². The second-order valence-corrected chi connectivity index (χ2v) is 3.57. The molecule has 14 heavy (non-hydrogen) atoms. The minimum atomic E-state index is -1.09. The number of carboxylic acids is 1. The van der Waals surface area contributed by atoms with Gasteiger partial charge in [-0.25, -0.2) is 0 Å². The molecule has 4 nitrogen and oxygen atoms in total. The molecular formula is C8H8Cl2N2O2. The predicted octanol–water partition coefficient (Wildman–Crippen LogP) is 1.34. The van der Waals surface area contributed by atoms with Crippen molar-refractivity contribution in [2.75, 3.05) is 0 Å². The summed E-state index contributed by atoms with van der Waals surface area (Å²) in [4.78, 5) is 14.4. The van der Waals surface area contributed by atoms with Crippen LogP contribution in [0.4, 0.5) is 0 Å². The summed E-state index contributed by atoms with van der Waals surface area (Å²) in [5.74, 6) is -1.09. The van der Waals surface area contributed by atoms with Gasteiger partial charge in [0.2, 0.25) is 0 Å². The summed E-state index contributed by atoms with van der Waals surface area (Å²) in [6.45, 7) is 0. The Morgan fingerprint density at radius 1 is 1.64 bits per heavy atom. The van der Waals surface area contributed by atoms with Crippen LogP contribution in [0, 0.1) is 0 Å². The smallest absolute Gasteiger partial charge is 0.320 e. The van der Waals surface area contributed by atoms with Gasteiger partial charge in [-0.3, -0.25) is 9.78 Å². The Bertz CT molecular complexity index is 357.